The number of nitrogens with zero attached hydrogens (tertiary/aromatic N) is 2. The van der Waals surface area contributed by atoms with Crippen molar-refractivity contribution in [3.63, 3.8) is 0 Å². The number of aryl methyl sites for hydroxylation is 1. The summed E-state index contributed by atoms with van der Waals surface area (Å²) in [4.78, 5) is 18.5. The van der Waals surface area contributed by atoms with Gasteiger partial charge in [-0.05, 0) is 43.7 Å². The first-order valence-electron chi connectivity index (χ1n) is 10.2. The van der Waals surface area contributed by atoms with E-state index in [4.69, 9.17) is 14.1 Å². The number of hydrogen-bond donors (Lipinski definition) is 2. The summed E-state index contributed by atoms with van der Waals surface area (Å²) in [6.45, 7) is 6.06. The molecule has 2 N–H and O–H groups in total. The Kier molecular flexibility index (Phi) is 5.61. The van der Waals surface area contributed by atoms with Gasteiger partial charge in [-0.25, -0.2) is 4.98 Å². The molecule has 156 valence electrons. The Hall–Kier alpha value is -2.38. The zero-order chi connectivity index (χ0) is 20.5. The molecule has 7 nitrogen and oxygen atoms in total. The number of amides is 1. The number of ether oxygens (including phenoxy) is 1. The van der Waals surface area contributed by atoms with Crippen molar-refractivity contribution >= 4 is 5.91 Å². The minimum atomic E-state index is -0.467. The predicted octanol–water partition coefficient (Wildman–Crippen LogP) is 2.37. The van der Waals surface area contributed by atoms with E-state index in [1.165, 1.54) is 6.92 Å². The van der Waals surface area contributed by atoms with Gasteiger partial charge in [0.1, 0.15) is 11.5 Å². The van der Waals surface area contributed by atoms with Crippen LogP contribution in [0.1, 0.15) is 31.2 Å². The molecular weight excluding hydrogens is 370 g/mol. The number of benzene rings is 1. The van der Waals surface area contributed by atoms with Gasteiger partial charge in [-0.3, -0.25) is 9.69 Å². The summed E-state index contributed by atoms with van der Waals surface area (Å²) in [5.74, 6) is 2.99. The molecule has 0 radical (unpaired) electrons. The van der Waals surface area contributed by atoms with E-state index in [1.54, 1.807) is 7.11 Å². The Balaban J connectivity index is 1.45. The topological polar surface area (TPSA) is 87.8 Å². The van der Waals surface area contributed by atoms with Gasteiger partial charge in [-0.15, -0.1) is 0 Å². The minimum absolute atomic E-state index is 0.0792. The number of aromatic nitrogens is 1. The Bertz CT molecular complexity index is 881. The van der Waals surface area contributed by atoms with Gasteiger partial charge in [0.25, 0.3) is 0 Å². The molecule has 1 aliphatic heterocycles. The summed E-state index contributed by atoms with van der Waals surface area (Å²) < 4.78 is 11.4. The van der Waals surface area contributed by atoms with Crippen LogP contribution in [0.15, 0.2) is 28.7 Å². The average molecular weight is 399 g/mol. The lowest BCUT2D eigenvalue weighted by Gasteiger charge is -2.35. The summed E-state index contributed by atoms with van der Waals surface area (Å²) in [5, 5.41) is 13.3. The first-order chi connectivity index (χ1) is 13.9. The van der Waals surface area contributed by atoms with Crippen LogP contribution in [0.25, 0.3) is 11.5 Å². The van der Waals surface area contributed by atoms with E-state index in [1.807, 2.05) is 31.2 Å². The summed E-state index contributed by atoms with van der Waals surface area (Å²) in [7, 11) is 1.64. The fourth-order valence-corrected chi connectivity index (χ4v) is 4.80. The third-order valence-corrected chi connectivity index (χ3v) is 6.21. The molecule has 1 aliphatic carbocycles. The maximum Gasteiger partial charge on any atom is 0.230 e. The van der Waals surface area contributed by atoms with Crippen LogP contribution in [0.5, 0.6) is 5.75 Å². The number of rotatable bonds is 5. The molecular formula is C22H29N3O4. The lowest BCUT2D eigenvalue weighted by molar-refractivity contribution is -0.121. The number of hydrogen-bond acceptors (Lipinski definition) is 6. The van der Waals surface area contributed by atoms with Gasteiger partial charge < -0.3 is 19.6 Å². The monoisotopic (exact) mass is 399 g/mol. The summed E-state index contributed by atoms with van der Waals surface area (Å²) >= 11 is 0. The van der Waals surface area contributed by atoms with E-state index < -0.39 is 6.10 Å². The largest absolute Gasteiger partial charge is 0.496 e. The first kappa shape index (κ1) is 19.9. The SMILES string of the molecule is COc1ccccc1-c1nc(CN2C[C@H]3C[C@H](O)[C@@H](NC(C)=O)C[C@H]3C2)c(C)o1. The van der Waals surface area contributed by atoms with Crippen LogP contribution >= 0.6 is 0 Å². The molecule has 1 aromatic carbocycles. The molecule has 0 spiro atoms. The molecule has 4 rings (SSSR count). The van der Waals surface area contributed by atoms with Crippen molar-refractivity contribution in [1.82, 2.24) is 15.2 Å². The maximum absolute atomic E-state index is 11.4. The molecule has 4 atom stereocenters. The Labute approximate surface area is 171 Å². The summed E-state index contributed by atoms with van der Waals surface area (Å²) in [6.07, 6.45) is 1.09. The quantitative estimate of drug-likeness (QED) is 0.803. The fourth-order valence-electron chi connectivity index (χ4n) is 4.80. The van der Waals surface area contributed by atoms with Crippen molar-refractivity contribution in [2.45, 2.75) is 45.4 Å². The first-order valence-corrected chi connectivity index (χ1v) is 10.2. The van der Waals surface area contributed by atoms with Gasteiger partial charge in [0.2, 0.25) is 11.8 Å². The van der Waals surface area contributed by atoms with E-state index >= 15 is 0 Å². The van der Waals surface area contributed by atoms with Crippen LogP contribution in [0.4, 0.5) is 0 Å². The van der Waals surface area contributed by atoms with Gasteiger partial charge in [-0.2, -0.15) is 0 Å². The average Bonchev–Trinajstić information content (AvgIpc) is 3.24. The molecule has 1 saturated carbocycles. The van der Waals surface area contributed by atoms with Crippen LogP contribution in [0.3, 0.4) is 0 Å². The molecule has 29 heavy (non-hydrogen) atoms. The number of aliphatic hydroxyl groups excluding tert-OH is 1. The zero-order valence-electron chi connectivity index (χ0n) is 17.2. The van der Waals surface area contributed by atoms with Gasteiger partial charge >= 0.3 is 0 Å². The summed E-state index contributed by atoms with van der Waals surface area (Å²) in [6, 6.07) is 7.57. The van der Waals surface area contributed by atoms with Crippen molar-refractivity contribution in [3.05, 3.63) is 35.7 Å². The fraction of sp³-hybridized carbons (Fsp3) is 0.545. The zero-order valence-corrected chi connectivity index (χ0v) is 17.2. The van der Waals surface area contributed by atoms with Crippen LogP contribution in [0, 0.1) is 18.8 Å². The highest BCUT2D eigenvalue weighted by Crippen LogP contribution is 2.38. The van der Waals surface area contributed by atoms with Crippen molar-refractivity contribution in [3.8, 4) is 17.2 Å². The molecule has 1 amide bonds. The molecule has 1 saturated heterocycles. The smallest absolute Gasteiger partial charge is 0.230 e. The second-order valence-electron chi connectivity index (χ2n) is 8.28. The van der Waals surface area contributed by atoms with Crippen LogP contribution in [-0.2, 0) is 11.3 Å². The van der Waals surface area contributed by atoms with E-state index in [-0.39, 0.29) is 11.9 Å². The van der Waals surface area contributed by atoms with Crippen molar-refractivity contribution < 1.29 is 19.1 Å². The molecule has 2 aromatic rings. The highest BCUT2D eigenvalue weighted by molar-refractivity contribution is 5.73. The number of para-hydroxylation sites is 1. The van der Waals surface area contributed by atoms with Crippen LogP contribution in [0.2, 0.25) is 0 Å². The Morgan fingerprint density at radius 2 is 2.03 bits per heavy atom. The molecule has 2 fully saturated rings. The lowest BCUT2D eigenvalue weighted by atomic mass is 9.77. The number of aliphatic hydroxyl groups is 1. The van der Waals surface area contributed by atoms with Gasteiger partial charge in [0.05, 0.1) is 30.5 Å². The maximum atomic E-state index is 11.4. The number of fused-ring (bicyclic) bond motifs is 1. The molecule has 7 heteroatoms. The molecule has 0 bridgehead atoms. The number of nitrogens with one attached hydrogen (secondary N) is 1. The normalized spacial score (nSPS) is 26.9. The third-order valence-electron chi connectivity index (χ3n) is 6.21. The molecule has 0 unspecified atom stereocenters. The second-order valence-corrected chi connectivity index (χ2v) is 8.28. The number of carbonyl (C=O) groups excluding carboxylic acids is 1. The number of carbonyl (C=O) groups is 1. The van der Waals surface area contributed by atoms with E-state index in [0.29, 0.717) is 17.7 Å². The van der Waals surface area contributed by atoms with Gasteiger partial charge in [0, 0.05) is 26.6 Å². The van der Waals surface area contributed by atoms with Gasteiger partial charge in [0.15, 0.2) is 0 Å². The highest BCUT2D eigenvalue weighted by atomic mass is 16.5. The van der Waals surface area contributed by atoms with Crippen molar-refractivity contribution in [1.29, 1.82) is 0 Å². The van der Waals surface area contributed by atoms with Crippen molar-refractivity contribution in [2.24, 2.45) is 11.8 Å². The molecule has 1 aromatic heterocycles. The predicted molar refractivity (Wildman–Crippen MR) is 108 cm³/mol. The van der Waals surface area contributed by atoms with E-state index in [0.717, 1.165) is 55.2 Å². The standard InChI is InChI=1S/C22H29N3O4/c1-13-19(24-22(29-13)17-6-4-5-7-21(17)28-3)12-25-10-15-8-18(23-14(2)26)20(27)9-16(15)11-25/h4-7,15-16,18,20,27H,8-12H2,1-3H3,(H,23,26)/t15-,16+,18-,20-/m0/s1. The second kappa shape index (κ2) is 8.16. The number of methoxy groups -OCH3 is 1. The van der Waals surface area contributed by atoms with Crippen LogP contribution < -0.4 is 10.1 Å². The highest BCUT2D eigenvalue weighted by Gasteiger charge is 2.42. The summed E-state index contributed by atoms with van der Waals surface area (Å²) in [5.41, 5.74) is 1.78. The third kappa shape index (κ3) is 4.16. The number of oxazole rings is 1. The van der Waals surface area contributed by atoms with Gasteiger partial charge in [-0.1, -0.05) is 12.1 Å². The Morgan fingerprint density at radius 1 is 1.31 bits per heavy atom. The number of likely N-dealkylation sites (tertiary alicyclic amines) is 1. The molecule has 2 aliphatic rings. The van der Waals surface area contributed by atoms with E-state index in [2.05, 4.69) is 10.2 Å². The van der Waals surface area contributed by atoms with Crippen molar-refractivity contribution in [2.75, 3.05) is 20.2 Å². The van der Waals surface area contributed by atoms with E-state index in [9.17, 15) is 9.90 Å². The minimum Gasteiger partial charge on any atom is -0.496 e. The lowest BCUT2D eigenvalue weighted by Crippen LogP contribution is -2.48. The Morgan fingerprint density at radius 3 is 2.76 bits per heavy atom. The van der Waals surface area contributed by atoms with Crippen LogP contribution in [-0.4, -0.2) is 53.2 Å². The molecule has 2 heterocycles.